The second-order valence-corrected chi connectivity index (χ2v) is 3.08. The fraction of sp³-hybridized carbons (Fsp3) is 0.364. The van der Waals surface area contributed by atoms with Crippen molar-refractivity contribution in [1.82, 2.24) is 0 Å². The zero-order chi connectivity index (χ0) is 12.1. The number of hydrogen-bond acceptors (Lipinski definition) is 5. The molecular weight excluding hydrogens is 212 g/mol. The Morgan fingerprint density at radius 3 is 1.94 bits per heavy atom. The SMILES string of the molecule is COc1cc(CC(=O)[O-])cc(OC)c1OC. The molecule has 0 aliphatic heterocycles. The average Bonchev–Trinajstić information content (AvgIpc) is 2.26. The summed E-state index contributed by atoms with van der Waals surface area (Å²) in [6.45, 7) is 0. The van der Waals surface area contributed by atoms with Gasteiger partial charge in [0, 0.05) is 12.4 Å². The third-order valence-electron chi connectivity index (χ3n) is 2.07. The standard InChI is InChI=1S/C11H14O5/c1-14-8-4-7(6-10(12)13)5-9(15-2)11(8)16-3/h4-5H,6H2,1-3H3,(H,12,13)/p-1. The molecule has 0 unspecified atom stereocenters. The molecule has 16 heavy (non-hydrogen) atoms. The van der Waals surface area contributed by atoms with Crippen LogP contribution in [0, 0.1) is 0 Å². The summed E-state index contributed by atoms with van der Waals surface area (Å²) >= 11 is 0. The summed E-state index contributed by atoms with van der Waals surface area (Å²) in [7, 11) is 4.43. The van der Waals surface area contributed by atoms with Crippen LogP contribution in [0.4, 0.5) is 0 Å². The average molecular weight is 225 g/mol. The van der Waals surface area contributed by atoms with Crippen molar-refractivity contribution in [2.24, 2.45) is 0 Å². The molecule has 0 saturated carbocycles. The number of aliphatic carboxylic acids is 1. The zero-order valence-electron chi connectivity index (χ0n) is 9.40. The van der Waals surface area contributed by atoms with Crippen molar-refractivity contribution in [3.8, 4) is 17.2 Å². The van der Waals surface area contributed by atoms with Crippen LogP contribution in [-0.4, -0.2) is 27.3 Å². The summed E-state index contributed by atoms with van der Waals surface area (Å²) in [4.78, 5) is 10.5. The summed E-state index contributed by atoms with van der Waals surface area (Å²) in [5.74, 6) is 0.137. The van der Waals surface area contributed by atoms with Crippen LogP contribution in [0.1, 0.15) is 5.56 Å². The first-order chi connectivity index (χ1) is 7.62. The maximum absolute atomic E-state index is 10.5. The van der Waals surface area contributed by atoms with Crippen LogP contribution in [-0.2, 0) is 11.2 Å². The van der Waals surface area contributed by atoms with Crippen molar-refractivity contribution in [3.63, 3.8) is 0 Å². The van der Waals surface area contributed by atoms with Gasteiger partial charge >= 0.3 is 0 Å². The summed E-state index contributed by atoms with van der Waals surface area (Å²) in [5, 5.41) is 10.5. The van der Waals surface area contributed by atoms with Crippen LogP contribution in [0.3, 0.4) is 0 Å². The number of carbonyl (C=O) groups excluding carboxylic acids is 1. The molecule has 0 aliphatic carbocycles. The molecule has 1 aromatic carbocycles. The van der Waals surface area contributed by atoms with Crippen molar-refractivity contribution >= 4 is 5.97 Å². The van der Waals surface area contributed by atoms with Crippen molar-refractivity contribution in [1.29, 1.82) is 0 Å². The number of benzene rings is 1. The van der Waals surface area contributed by atoms with Gasteiger partial charge in [0.15, 0.2) is 11.5 Å². The third kappa shape index (κ3) is 2.56. The normalized spacial score (nSPS) is 9.69. The summed E-state index contributed by atoms with van der Waals surface area (Å²) in [6, 6.07) is 3.16. The largest absolute Gasteiger partial charge is 0.550 e. The van der Waals surface area contributed by atoms with Crippen LogP contribution >= 0.6 is 0 Å². The Morgan fingerprint density at radius 1 is 1.12 bits per heavy atom. The lowest BCUT2D eigenvalue weighted by Gasteiger charge is -2.14. The number of carboxylic acids is 1. The predicted octanol–water partition coefficient (Wildman–Crippen LogP) is 0.00480. The van der Waals surface area contributed by atoms with Gasteiger partial charge in [0.2, 0.25) is 5.75 Å². The molecule has 5 heteroatoms. The molecule has 0 spiro atoms. The Balaban J connectivity index is 3.20. The van der Waals surface area contributed by atoms with E-state index in [0.717, 1.165) is 0 Å². The highest BCUT2D eigenvalue weighted by molar-refractivity contribution is 5.69. The topological polar surface area (TPSA) is 67.8 Å². The van der Waals surface area contributed by atoms with Crippen molar-refractivity contribution in [2.75, 3.05) is 21.3 Å². The van der Waals surface area contributed by atoms with Gasteiger partial charge in [-0.3, -0.25) is 0 Å². The van der Waals surface area contributed by atoms with E-state index in [1.807, 2.05) is 0 Å². The van der Waals surface area contributed by atoms with Crippen LogP contribution in [0.5, 0.6) is 17.2 Å². The fourth-order valence-electron chi connectivity index (χ4n) is 1.40. The molecule has 1 rings (SSSR count). The minimum atomic E-state index is -1.16. The first kappa shape index (κ1) is 12.2. The molecular formula is C11H13O5-. The van der Waals surface area contributed by atoms with E-state index in [0.29, 0.717) is 22.8 Å². The van der Waals surface area contributed by atoms with E-state index in [1.54, 1.807) is 12.1 Å². The molecule has 0 aliphatic rings. The number of rotatable bonds is 5. The molecule has 0 atom stereocenters. The van der Waals surface area contributed by atoms with Gasteiger partial charge < -0.3 is 24.1 Å². The number of ether oxygens (including phenoxy) is 3. The first-order valence-corrected chi connectivity index (χ1v) is 4.61. The maximum atomic E-state index is 10.5. The van der Waals surface area contributed by atoms with E-state index in [1.165, 1.54) is 21.3 Å². The smallest absolute Gasteiger partial charge is 0.203 e. The maximum Gasteiger partial charge on any atom is 0.203 e. The quantitative estimate of drug-likeness (QED) is 0.705. The van der Waals surface area contributed by atoms with Crippen molar-refractivity contribution < 1.29 is 24.1 Å². The molecule has 0 amide bonds. The molecule has 0 saturated heterocycles. The van der Waals surface area contributed by atoms with Gasteiger partial charge in [-0.2, -0.15) is 0 Å². The first-order valence-electron chi connectivity index (χ1n) is 4.61. The minimum absolute atomic E-state index is 0.198. The molecule has 0 heterocycles. The summed E-state index contributed by atoms with van der Waals surface area (Å²) in [6.07, 6.45) is -0.198. The van der Waals surface area contributed by atoms with E-state index in [2.05, 4.69) is 0 Å². The highest BCUT2D eigenvalue weighted by atomic mass is 16.5. The van der Waals surface area contributed by atoms with E-state index in [-0.39, 0.29) is 6.42 Å². The Kier molecular flexibility index (Phi) is 3.99. The van der Waals surface area contributed by atoms with E-state index < -0.39 is 5.97 Å². The van der Waals surface area contributed by atoms with Crippen LogP contribution < -0.4 is 19.3 Å². The van der Waals surface area contributed by atoms with Gasteiger partial charge in [0.05, 0.1) is 21.3 Å². The molecule has 88 valence electrons. The number of hydrogen-bond donors (Lipinski definition) is 0. The lowest BCUT2D eigenvalue weighted by molar-refractivity contribution is -0.304. The van der Waals surface area contributed by atoms with Gasteiger partial charge in [0.1, 0.15) is 0 Å². The monoisotopic (exact) mass is 225 g/mol. The summed E-state index contributed by atoms with van der Waals surface area (Å²) in [5.41, 5.74) is 0.537. The Hall–Kier alpha value is -1.91. The van der Waals surface area contributed by atoms with E-state index in [4.69, 9.17) is 14.2 Å². The number of carbonyl (C=O) groups is 1. The molecule has 0 fully saturated rings. The molecule has 0 bridgehead atoms. The predicted molar refractivity (Wildman–Crippen MR) is 54.8 cm³/mol. The Morgan fingerprint density at radius 2 is 1.62 bits per heavy atom. The third-order valence-corrected chi connectivity index (χ3v) is 2.07. The molecule has 0 radical (unpaired) electrons. The Bertz CT molecular complexity index is 361. The van der Waals surface area contributed by atoms with E-state index >= 15 is 0 Å². The van der Waals surface area contributed by atoms with Crippen LogP contribution in [0.25, 0.3) is 0 Å². The second-order valence-electron chi connectivity index (χ2n) is 3.08. The molecule has 0 aromatic heterocycles. The van der Waals surface area contributed by atoms with Crippen molar-refractivity contribution in [3.05, 3.63) is 17.7 Å². The van der Waals surface area contributed by atoms with Crippen LogP contribution in [0.2, 0.25) is 0 Å². The minimum Gasteiger partial charge on any atom is -0.550 e. The zero-order valence-corrected chi connectivity index (χ0v) is 9.40. The van der Waals surface area contributed by atoms with Gasteiger partial charge in [0.25, 0.3) is 0 Å². The lowest BCUT2D eigenvalue weighted by atomic mass is 10.1. The highest BCUT2D eigenvalue weighted by Crippen LogP contribution is 2.38. The molecule has 0 N–H and O–H groups in total. The fourth-order valence-corrected chi connectivity index (χ4v) is 1.40. The van der Waals surface area contributed by atoms with Gasteiger partial charge in [-0.05, 0) is 17.7 Å². The number of carboxylic acid groups (broad SMARTS) is 1. The second kappa shape index (κ2) is 5.25. The highest BCUT2D eigenvalue weighted by Gasteiger charge is 2.12. The van der Waals surface area contributed by atoms with Gasteiger partial charge in [-0.1, -0.05) is 0 Å². The van der Waals surface area contributed by atoms with Gasteiger partial charge in [-0.25, -0.2) is 0 Å². The Labute approximate surface area is 93.6 Å². The summed E-state index contributed by atoms with van der Waals surface area (Å²) < 4.78 is 15.3. The van der Waals surface area contributed by atoms with Crippen molar-refractivity contribution in [2.45, 2.75) is 6.42 Å². The number of methoxy groups -OCH3 is 3. The lowest BCUT2D eigenvalue weighted by Crippen LogP contribution is -2.24. The van der Waals surface area contributed by atoms with Crippen LogP contribution in [0.15, 0.2) is 12.1 Å². The van der Waals surface area contributed by atoms with Gasteiger partial charge in [-0.15, -0.1) is 0 Å². The van der Waals surface area contributed by atoms with E-state index in [9.17, 15) is 9.90 Å². The molecule has 1 aromatic rings. The molecule has 5 nitrogen and oxygen atoms in total.